The van der Waals surface area contributed by atoms with Gasteiger partial charge in [0.2, 0.25) is 0 Å². The second kappa shape index (κ2) is 5.44. The highest BCUT2D eigenvalue weighted by Crippen LogP contribution is 2.43. The number of hydrogen-bond donors (Lipinski definition) is 2. The van der Waals surface area contributed by atoms with Crippen LogP contribution in [0.4, 0.5) is 0 Å². The lowest BCUT2D eigenvalue weighted by Crippen LogP contribution is -2.39. The lowest BCUT2D eigenvalue weighted by Gasteiger charge is -2.41. The first-order valence-corrected chi connectivity index (χ1v) is 6.40. The van der Waals surface area contributed by atoms with Gasteiger partial charge in [0.25, 0.3) is 0 Å². The van der Waals surface area contributed by atoms with Crippen LogP contribution < -0.4 is 5.32 Å². The Hall–Kier alpha value is -1.49. The van der Waals surface area contributed by atoms with E-state index in [-0.39, 0.29) is 5.56 Å². The van der Waals surface area contributed by atoms with Crippen molar-refractivity contribution in [2.24, 2.45) is 5.41 Å². The van der Waals surface area contributed by atoms with Gasteiger partial charge < -0.3 is 10.4 Å². The fourth-order valence-corrected chi connectivity index (χ4v) is 2.45. The third-order valence-corrected chi connectivity index (χ3v) is 3.98. The highest BCUT2D eigenvalue weighted by atomic mass is 16.4. The Bertz CT molecular complexity index is 424. The molecule has 0 bridgehead atoms. The zero-order chi connectivity index (χ0) is 13.0. The molecule has 0 aromatic carbocycles. The summed E-state index contributed by atoms with van der Waals surface area (Å²) in [6.07, 6.45) is 7.77. The van der Waals surface area contributed by atoms with Gasteiger partial charge in [0.1, 0.15) is 11.9 Å². The van der Waals surface area contributed by atoms with Gasteiger partial charge in [-0.2, -0.15) is 0 Å². The van der Waals surface area contributed by atoms with Crippen molar-refractivity contribution in [2.75, 3.05) is 6.54 Å². The second-order valence-electron chi connectivity index (χ2n) is 5.00. The van der Waals surface area contributed by atoms with Crippen LogP contribution in [0.5, 0.6) is 0 Å². The van der Waals surface area contributed by atoms with Gasteiger partial charge in [-0.15, -0.1) is 0 Å². The molecular weight excluding hydrogens is 230 g/mol. The molecule has 1 fully saturated rings. The largest absolute Gasteiger partial charge is 0.478 e. The van der Waals surface area contributed by atoms with Crippen LogP contribution in [0.2, 0.25) is 0 Å². The van der Waals surface area contributed by atoms with Crippen LogP contribution in [0.15, 0.2) is 12.5 Å². The molecule has 1 aromatic rings. The van der Waals surface area contributed by atoms with Crippen molar-refractivity contribution in [2.45, 2.75) is 39.2 Å². The lowest BCUT2D eigenvalue weighted by molar-refractivity contribution is 0.0694. The predicted octanol–water partition coefficient (Wildman–Crippen LogP) is 1.84. The Morgan fingerprint density at radius 2 is 2.33 bits per heavy atom. The molecule has 1 saturated carbocycles. The van der Waals surface area contributed by atoms with Gasteiger partial charge in [0.15, 0.2) is 0 Å². The third kappa shape index (κ3) is 2.67. The van der Waals surface area contributed by atoms with Crippen LogP contribution in [0, 0.1) is 5.41 Å². The smallest absolute Gasteiger partial charge is 0.339 e. The SMILES string of the molecule is CCC1(CNCc2ncncc2C(=O)O)CCC1. The van der Waals surface area contributed by atoms with E-state index >= 15 is 0 Å². The Labute approximate surface area is 107 Å². The maximum absolute atomic E-state index is 11.0. The zero-order valence-corrected chi connectivity index (χ0v) is 10.6. The molecule has 0 atom stereocenters. The first-order valence-electron chi connectivity index (χ1n) is 6.40. The number of aromatic carboxylic acids is 1. The summed E-state index contributed by atoms with van der Waals surface area (Å²) in [5, 5.41) is 12.4. The van der Waals surface area contributed by atoms with Gasteiger partial charge in [0, 0.05) is 19.3 Å². The Balaban J connectivity index is 1.92. The lowest BCUT2D eigenvalue weighted by atomic mass is 9.67. The molecule has 18 heavy (non-hydrogen) atoms. The van der Waals surface area contributed by atoms with Crippen molar-refractivity contribution in [1.82, 2.24) is 15.3 Å². The number of rotatable bonds is 6. The summed E-state index contributed by atoms with van der Waals surface area (Å²) in [7, 11) is 0. The average Bonchev–Trinajstić information content (AvgIpc) is 2.33. The summed E-state index contributed by atoms with van der Waals surface area (Å²) in [6, 6.07) is 0. The minimum absolute atomic E-state index is 0.184. The molecule has 1 aromatic heterocycles. The second-order valence-corrected chi connectivity index (χ2v) is 5.00. The number of hydrogen-bond acceptors (Lipinski definition) is 4. The van der Waals surface area contributed by atoms with E-state index in [1.165, 1.54) is 38.2 Å². The minimum Gasteiger partial charge on any atom is -0.478 e. The number of nitrogens with one attached hydrogen (secondary N) is 1. The highest BCUT2D eigenvalue weighted by molar-refractivity contribution is 5.88. The molecule has 0 radical (unpaired) electrons. The Morgan fingerprint density at radius 1 is 1.56 bits per heavy atom. The summed E-state index contributed by atoms with van der Waals surface area (Å²) >= 11 is 0. The van der Waals surface area contributed by atoms with E-state index in [1.807, 2.05) is 0 Å². The molecule has 0 saturated heterocycles. The Morgan fingerprint density at radius 3 is 2.89 bits per heavy atom. The van der Waals surface area contributed by atoms with Crippen molar-refractivity contribution in [1.29, 1.82) is 0 Å². The zero-order valence-electron chi connectivity index (χ0n) is 10.6. The highest BCUT2D eigenvalue weighted by Gasteiger charge is 2.34. The van der Waals surface area contributed by atoms with Gasteiger partial charge >= 0.3 is 5.97 Å². The number of carboxylic acids is 1. The molecule has 1 heterocycles. The molecule has 98 valence electrons. The van der Waals surface area contributed by atoms with Gasteiger partial charge in [-0.3, -0.25) is 0 Å². The van der Waals surface area contributed by atoms with Crippen LogP contribution >= 0.6 is 0 Å². The summed E-state index contributed by atoms with van der Waals surface area (Å²) < 4.78 is 0. The van der Waals surface area contributed by atoms with Crippen molar-refractivity contribution in [3.05, 3.63) is 23.8 Å². The molecule has 2 rings (SSSR count). The van der Waals surface area contributed by atoms with Crippen molar-refractivity contribution in [3.8, 4) is 0 Å². The van der Waals surface area contributed by atoms with Gasteiger partial charge in [0.05, 0.1) is 5.69 Å². The van der Waals surface area contributed by atoms with E-state index in [1.54, 1.807) is 0 Å². The number of aromatic nitrogens is 2. The van der Waals surface area contributed by atoms with Crippen molar-refractivity contribution < 1.29 is 9.90 Å². The first-order chi connectivity index (χ1) is 8.67. The molecule has 0 spiro atoms. The molecule has 0 aliphatic heterocycles. The molecule has 1 aliphatic rings. The molecule has 2 N–H and O–H groups in total. The van der Waals surface area contributed by atoms with Gasteiger partial charge in [-0.25, -0.2) is 14.8 Å². The van der Waals surface area contributed by atoms with E-state index in [9.17, 15) is 4.79 Å². The quantitative estimate of drug-likeness (QED) is 0.804. The summed E-state index contributed by atoms with van der Waals surface area (Å²) in [5.74, 6) is -0.971. The fraction of sp³-hybridized carbons (Fsp3) is 0.615. The number of carboxylic acid groups (broad SMARTS) is 1. The molecule has 1 aliphatic carbocycles. The van der Waals surface area contributed by atoms with Crippen LogP contribution in [0.1, 0.15) is 48.7 Å². The molecule has 5 heteroatoms. The van der Waals surface area contributed by atoms with E-state index < -0.39 is 5.97 Å². The molecular formula is C13H19N3O2. The maximum atomic E-state index is 11.0. The monoisotopic (exact) mass is 249 g/mol. The normalized spacial score (nSPS) is 17.2. The van der Waals surface area contributed by atoms with Gasteiger partial charge in [-0.05, 0) is 24.7 Å². The average molecular weight is 249 g/mol. The number of carbonyl (C=O) groups is 1. The van der Waals surface area contributed by atoms with E-state index in [0.717, 1.165) is 6.54 Å². The van der Waals surface area contributed by atoms with E-state index in [4.69, 9.17) is 5.11 Å². The topological polar surface area (TPSA) is 75.1 Å². The fourth-order valence-electron chi connectivity index (χ4n) is 2.45. The van der Waals surface area contributed by atoms with E-state index in [2.05, 4.69) is 22.2 Å². The minimum atomic E-state index is -0.971. The predicted molar refractivity (Wildman–Crippen MR) is 67.3 cm³/mol. The first kappa shape index (κ1) is 13.0. The van der Waals surface area contributed by atoms with E-state index in [0.29, 0.717) is 17.7 Å². The standard InChI is InChI=1S/C13H19N3O2/c1-2-13(4-3-5-13)8-14-7-11-10(12(17)18)6-15-9-16-11/h6,9,14H,2-5,7-8H2,1H3,(H,17,18). The Kier molecular flexibility index (Phi) is 3.91. The van der Waals surface area contributed by atoms with Crippen LogP contribution in [0.25, 0.3) is 0 Å². The van der Waals surface area contributed by atoms with Crippen molar-refractivity contribution >= 4 is 5.97 Å². The molecule has 0 unspecified atom stereocenters. The molecule has 0 amide bonds. The number of nitrogens with zero attached hydrogens (tertiary/aromatic N) is 2. The van der Waals surface area contributed by atoms with Crippen LogP contribution in [0.3, 0.4) is 0 Å². The van der Waals surface area contributed by atoms with Crippen LogP contribution in [-0.4, -0.2) is 27.6 Å². The van der Waals surface area contributed by atoms with Crippen LogP contribution in [-0.2, 0) is 6.54 Å². The van der Waals surface area contributed by atoms with Crippen molar-refractivity contribution in [3.63, 3.8) is 0 Å². The summed E-state index contributed by atoms with van der Waals surface area (Å²) in [6.45, 7) is 3.65. The molecule has 5 nitrogen and oxygen atoms in total. The van der Waals surface area contributed by atoms with Gasteiger partial charge in [-0.1, -0.05) is 13.3 Å². The summed E-state index contributed by atoms with van der Waals surface area (Å²) in [5.41, 5.74) is 1.17. The third-order valence-electron chi connectivity index (χ3n) is 3.98. The summed E-state index contributed by atoms with van der Waals surface area (Å²) in [4.78, 5) is 18.8. The maximum Gasteiger partial charge on any atom is 0.339 e.